The van der Waals surface area contributed by atoms with Crippen LogP contribution < -0.4 is 0 Å². The van der Waals surface area contributed by atoms with Crippen LogP contribution in [0.3, 0.4) is 0 Å². The van der Waals surface area contributed by atoms with E-state index in [-0.39, 0.29) is 19.0 Å². The Morgan fingerprint density at radius 3 is 1.07 bits per heavy atom. The Bertz CT molecular complexity index is 1000. The molecule has 362 valence electrons. The van der Waals surface area contributed by atoms with Crippen LogP contribution in [-0.4, -0.2) is 43.3 Å². The molecule has 0 fully saturated rings. The summed E-state index contributed by atoms with van der Waals surface area (Å²) < 4.78 is 32.2. The normalized spacial score (nSPS) is 13.2. The van der Waals surface area contributed by atoms with Gasteiger partial charge in [-0.05, 0) is 38.5 Å². The quantitative estimate of drug-likeness (QED) is 0.0278. The van der Waals surface area contributed by atoms with Crippen molar-refractivity contribution in [3.8, 4) is 0 Å². The maximum absolute atomic E-state index is 12.6. The third-order valence-electron chi connectivity index (χ3n) is 12.0. The predicted octanol–water partition coefficient (Wildman–Crippen LogP) is 17.2. The lowest BCUT2D eigenvalue weighted by molar-refractivity contribution is -0.161. The van der Waals surface area contributed by atoms with Crippen LogP contribution in [0.2, 0.25) is 0 Å². The number of esters is 2. The minimum Gasteiger partial charge on any atom is -0.462 e. The molecule has 0 aliphatic carbocycles. The molecule has 0 aromatic heterocycles. The average Bonchev–Trinajstić information content (AvgIpc) is 3.25. The lowest BCUT2D eigenvalue weighted by Crippen LogP contribution is -2.29. The third-order valence-corrected chi connectivity index (χ3v) is 12.9. The molecule has 0 radical (unpaired) electrons. The topological polar surface area (TPSA) is 108 Å². The molecule has 9 heteroatoms. The highest BCUT2D eigenvalue weighted by atomic mass is 31.2. The fourth-order valence-corrected chi connectivity index (χ4v) is 8.41. The number of phosphoric ester groups is 1. The second-order valence-corrected chi connectivity index (χ2v) is 19.6. The first-order valence-electron chi connectivity index (χ1n) is 26.4. The Balaban J connectivity index is 3.83. The van der Waals surface area contributed by atoms with Crippen molar-refractivity contribution in [2.45, 2.75) is 290 Å². The lowest BCUT2D eigenvalue weighted by Gasteiger charge is -2.19. The molecule has 0 saturated carbocycles. The van der Waals surface area contributed by atoms with Crippen molar-refractivity contribution in [2.75, 3.05) is 20.3 Å². The van der Waals surface area contributed by atoms with Crippen molar-refractivity contribution in [1.29, 1.82) is 0 Å². The van der Waals surface area contributed by atoms with Crippen LogP contribution in [0, 0.1) is 0 Å². The second-order valence-electron chi connectivity index (χ2n) is 18.0. The van der Waals surface area contributed by atoms with Gasteiger partial charge in [-0.3, -0.25) is 18.6 Å². The molecule has 0 bridgehead atoms. The van der Waals surface area contributed by atoms with E-state index in [0.29, 0.717) is 12.8 Å². The van der Waals surface area contributed by atoms with Gasteiger partial charge in [0.15, 0.2) is 6.10 Å². The van der Waals surface area contributed by atoms with Crippen LogP contribution in [-0.2, 0) is 32.7 Å². The van der Waals surface area contributed by atoms with Gasteiger partial charge >= 0.3 is 19.8 Å². The number of hydrogen-bond acceptors (Lipinski definition) is 7. The van der Waals surface area contributed by atoms with Gasteiger partial charge in [-0.25, -0.2) is 4.57 Å². The largest absolute Gasteiger partial charge is 0.472 e. The molecule has 0 rings (SSSR count). The standard InChI is InChI=1S/C52H101O8P/c1-4-6-8-10-12-14-16-18-20-22-24-25-26-27-28-29-31-32-34-36-38-40-42-44-46-51(53)58-48-50(49-59-61(55,56)57-3)60-52(54)47-45-43-41-39-37-35-33-30-23-21-19-17-15-13-11-9-7-5-2/h21,23,50H,4-20,22,24-49H2,1-3H3,(H,55,56)/b23-21-. The van der Waals surface area contributed by atoms with Crippen molar-refractivity contribution in [2.24, 2.45) is 0 Å². The summed E-state index contributed by atoms with van der Waals surface area (Å²) in [7, 11) is -3.19. The summed E-state index contributed by atoms with van der Waals surface area (Å²) in [5.41, 5.74) is 0. The molecule has 2 unspecified atom stereocenters. The van der Waals surface area contributed by atoms with E-state index >= 15 is 0 Å². The Labute approximate surface area is 378 Å². The van der Waals surface area contributed by atoms with Crippen LogP contribution in [0.25, 0.3) is 0 Å². The van der Waals surface area contributed by atoms with E-state index in [9.17, 15) is 19.0 Å². The molecule has 0 heterocycles. The van der Waals surface area contributed by atoms with E-state index in [2.05, 4.69) is 30.5 Å². The van der Waals surface area contributed by atoms with Crippen LogP contribution in [0.1, 0.15) is 284 Å². The SMILES string of the molecule is CCCCCCCCC/C=C\CCCCCCCCCC(=O)OC(COC(=O)CCCCCCCCCCCCCCCCCCCCCCCCCC)COP(=O)(O)OC. The zero-order valence-electron chi connectivity index (χ0n) is 40.6. The van der Waals surface area contributed by atoms with Crippen molar-refractivity contribution in [3.05, 3.63) is 12.2 Å². The van der Waals surface area contributed by atoms with Crippen LogP contribution in [0.15, 0.2) is 12.2 Å². The number of carbonyl (C=O) groups is 2. The van der Waals surface area contributed by atoms with Gasteiger partial charge in [-0.2, -0.15) is 0 Å². The smallest absolute Gasteiger partial charge is 0.462 e. The van der Waals surface area contributed by atoms with E-state index in [4.69, 9.17) is 14.0 Å². The average molecular weight is 885 g/mol. The van der Waals surface area contributed by atoms with E-state index < -0.39 is 26.5 Å². The molecule has 0 aliphatic heterocycles. The van der Waals surface area contributed by atoms with Gasteiger partial charge in [0, 0.05) is 20.0 Å². The number of phosphoric acid groups is 1. The highest BCUT2D eigenvalue weighted by Gasteiger charge is 2.24. The Morgan fingerprint density at radius 1 is 0.443 bits per heavy atom. The van der Waals surface area contributed by atoms with Crippen molar-refractivity contribution >= 4 is 19.8 Å². The molecule has 0 amide bonds. The van der Waals surface area contributed by atoms with Gasteiger partial charge in [0.25, 0.3) is 0 Å². The first kappa shape index (κ1) is 59.8. The van der Waals surface area contributed by atoms with E-state index in [1.807, 2.05) is 0 Å². The minimum atomic E-state index is -4.26. The van der Waals surface area contributed by atoms with E-state index in [0.717, 1.165) is 45.6 Å². The highest BCUT2D eigenvalue weighted by molar-refractivity contribution is 7.47. The van der Waals surface area contributed by atoms with Crippen LogP contribution in [0.5, 0.6) is 0 Å². The molecular weight excluding hydrogens is 784 g/mol. The van der Waals surface area contributed by atoms with Gasteiger partial charge < -0.3 is 14.4 Å². The summed E-state index contributed by atoms with van der Waals surface area (Å²) in [6.07, 6.45) is 55.7. The summed E-state index contributed by atoms with van der Waals surface area (Å²) in [5, 5.41) is 0. The zero-order valence-corrected chi connectivity index (χ0v) is 41.5. The summed E-state index contributed by atoms with van der Waals surface area (Å²) in [4.78, 5) is 34.7. The summed E-state index contributed by atoms with van der Waals surface area (Å²) in [6, 6.07) is 0. The van der Waals surface area contributed by atoms with Crippen molar-refractivity contribution in [3.63, 3.8) is 0 Å². The number of rotatable bonds is 50. The number of allylic oxidation sites excluding steroid dienone is 2. The summed E-state index contributed by atoms with van der Waals surface area (Å²) in [5.74, 6) is -0.790. The predicted molar refractivity (Wildman–Crippen MR) is 258 cm³/mol. The minimum absolute atomic E-state index is 0.220. The number of ether oxygens (including phenoxy) is 2. The zero-order chi connectivity index (χ0) is 44.6. The van der Waals surface area contributed by atoms with Crippen molar-refractivity contribution in [1.82, 2.24) is 0 Å². The molecule has 0 aromatic carbocycles. The van der Waals surface area contributed by atoms with Gasteiger partial charge in [0.2, 0.25) is 0 Å². The Kier molecular flexibility index (Phi) is 47.3. The Hall–Kier alpha value is -1.21. The molecule has 0 aromatic rings. The van der Waals surface area contributed by atoms with E-state index in [1.54, 1.807) is 0 Å². The second kappa shape index (κ2) is 48.3. The lowest BCUT2D eigenvalue weighted by atomic mass is 10.0. The first-order valence-corrected chi connectivity index (χ1v) is 27.9. The molecule has 0 spiro atoms. The number of hydrogen-bond donors (Lipinski definition) is 1. The summed E-state index contributed by atoms with van der Waals surface area (Å²) >= 11 is 0. The van der Waals surface area contributed by atoms with Gasteiger partial charge in [-0.1, -0.05) is 244 Å². The number of carbonyl (C=O) groups excluding carboxylic acids is 2. The van der Waals surface area contributed by atoms with Gasteiger partial charge in [-0.15, -0.1) is 0 Å². The summed E-state index contributed by atoms with van der Waals surface area (Å²) in [6.45, 7) is 3.94. The molecular formula is C52H101O8P. The first-order chi connectivity index (χ1) is 29.8. The molecule has 61 heavy (non-hydrogen) atoms. The molecule has 8 nitrogen and oxygen atoms in total. The molecule has 0 aliphatic rings. The third kappa shape index (κ3) is 48.1. The Morgan fingerprint density at radius 2 is 0.738 bits per heavy atom. The molecule has 0 saturated heterocycles. The van der Waals surface area contributed by atoms with Crippen LogP contribution >= 0.6 is 7.82 Å². The monoisotopic (exact) mass is 885 g/mol. The fraction of sp³-hybridized carbons (Fsp3) is 0.923. The molecule has 2 atom stereocenters. The van der Waals surface area contributed by atoms with E-state index in [1.165, 1.54) is 212 Å². The van der Waals surface area contributed by atoms with Gasteiger partial charge in [0.05, 0.1) is 6.61 Å². The van der Waals surface area contributed by atoms with Gasteiger partial charge in [0.1, 0.15) is 6.61 Å². The maximum Gasteiger partial charge on any atom is 0.472 e. The highest BCUT2D eigenvalue weighted by Crippen LogP contribution is 2.42. The molecule has 1 N–H and O–H groups in total. The van der Waals surface area contributed by atoms with Crippen molar-refractivity contribution < 1.29 is 37.6 Å². The maximum atomic E-state index is 12.6. The van der Waals surface area contributed by atoms with Crippen LogP contribution in [0.4, 0.5) is 0 Å². The number of unbranched alkanes of at least 4 members (excludes halogenated alkanes) is 37. The fourth-order valence-electron chi connectivity index (χ4n) is 7.95.